The summed E-state index contributed by atoms with van der Waals surface area (Å²) in [7, 11) is -3.08. The second kappa shape index (κ2) is 10.0. The van der Waals surface area contributed by atoms with Crippen LogP contribution in [0.2, 0.25) is 0 Å². The molecule has 2 aromatic heterocycles. The van der Waals surface area contributed by atoms with Gasteiger partial charge >= 0.3 is 0 Å². The summed E-state index contributed by atoms with van der Waals surface area (Å²) in [6, 6.07) is 56.2. The van der Waals surface area contributed by atoms with E-state index in [4.69, 9.17) is 4.98 Å². The molecule has 0 unspecified atom stereocenters. The number of aromatic nitrogens is 2. The Morgan fingerprint density at radius 2 is 1.07 bits per heavy atom. The Balaban J connectivity index is 1.26. The fourth-order valence-corrected chi connectivity index (χ4v) is 9.50. The van der Waals surface area contributed by atoms with Crippen LogP contribution in [0.1, 0.15) is 0 Å². The number of para-hydroxylation sites is 2. The number of fused-ring (bicyclic) bond motifs is 9. The molecule has 9 aromatic rings. The molecular weight excluding hydrogens is 567 g/mol. The number of rotatable bonds is 4. The zero-order valence-corrected chi connectivity index (χ0v) is 25.2. The third kappa shape index (κ3) is 3.98. The Labute approximate surface area is 260 Å². The summed E-state index contributed by atoms with van der Waals surface area (Å²) < 4.78 is 17.4. The number of imidazole rings is 1. The summed E-state index contributed by atoms with van der Waals surface area (Å²) >= 11 is 0. The van der Waals surface area contributed by atoms with Gasteiger partial charge in [-0.05, 0) is 57.6 Å². The van der Waals surface area contributed by atoms with Gasteiger partial charge in [-0.15, -0.1) is 0 Å². The lowest BCUT2D eigenvalue weighted by atomic mass is 9.98. The van der Waals surface area contributed by atoms with Crippen molar-refractivity contribution >= 4 is 72.2 Å². The van der Waals surface area contributed by atoms with Crippen LogP contribution in [0, 0.1) is 0 Å². The highest BCUT2D eigenvalue weighted by atomic mass is 31.2. The van der Waals surface area contributed by atoms with Crippen LogP contribution in [0.3, 0.4) is 0 Å². The summed E-state index contributed by atoms with van der Waals surface area (Å²) in [4.78, 5) is 5.06. The van der Waals surface area contributed by atoms with Crippen molar-refractivity contribution in [2.24, 2.45) is 0 Å². The third-order valence-corrected chi connectivity index (χ3v) is 12.1. The summed E-state index contributed by atoms with van der Waals surface area (Å²) in [6.07, 6.45) is 0. The average Bonchev–Trinajstić information content (AvgIpc) is 3.52. The summed E-state index contributed by atoms with van der Waals surface area (Å²) in [5.41, 5.74) is 6.42. The Kier molecular flexibility index (Phi) is 5.78. The van der Waals surface area contributed by atoms with Crippen LogP contribution in [-0.2, 0) is 4.57 Å². The first-order valence-electron chi connectivity index (χ1n) is 15.2. The van der Waals surface area contributed by atoms with Crippen molar-refractivity contribution in [2.45, 2.75) is 0 Å². The number of hydrogen-bond donors (Lipinski definition) is 0. The van der Waals surface area contributed by atoms with Gasteiger partial charge < -0.3 is 4.57 Å². The predicted octanol–water partition coefficient (Wildman–Crippen LogP) is 9.25. The topological polar surface area (TPSA) is 34.4 Å². The van der Waals surface area contributed by atoms with E-state index >= 15 is 4.57 Å². The van der Waals surface area contributed by atoms with Crippen LogP contribution in [0.5, 0.6) is 0 Å². The Bertz CT molecular complexity index is 2580. The van der Waals surface area contributed by atoms with E-state index in [2.05, 4.69) is 95.4 Å². The number of hydrogen-bond acceptors (Lipinski definition) is 2. The lowest BCUT2D eigenvalue weighted by molar-refractivity contribution is 0.592. The van der Waals surface area contributed by atoms with Gasteiger partial charge in [0.05, 0.1) is 16.6 Å². The number of nitrogens with zero attached hydrogens (tertiary/aromatic N) is 2. The van der Waals surface area contributed by atoms with Crippen LogP contribution >= 0.6 is 7.14 Å². The molecule has 0 radical (unpaired) electrons. The zero-order chi connectivity index (χ0) is 30.0. The predicted molar refractivity (Wildman–Crippen MR) is 190 cm³/mol. The Morgan fingerprint density at radius 1 is 0.444 bits per heavy atom. The minimum atomic E-state index is -3.08. The van der Waals surface area contributed by atoms with Crippen LogP contribution in [0.15, 0.2) is 164 Å². The first kappa shape index (κ1) is 25.9. The molecule has 0 atom stereocenters. The molecule has 0 aliphatic heterocycles. The molecule has 9 rings (SSSR count). The summed E-state index contributed by atoms with van der Waals surface area (Å²) in [5, 5.41) is 8.23. The van der Waals surface area contributed by atoms with Crippen LogP contribution in [0.4, 0.5) is 0 Å². The Morgan fingerprint density at radius 3 is 1.84 bits per heavy atom. The highest BCUT2D eigenvalue weighted by molar-refractivity contribution is 7.85. The summed E-state index contributed by atoms with van der Waals surface area (Å²) in [6.45, 7) is 0. The number of benzene rings is 7. The van der Waals surface area contributed by atoms with E-state index < -0.39 is 7.14 Å². The van der Waals surface area contributed by atoms with E-state index in [1.165, 1.54) is 10.8 Å². The average molecular weight is 595 g/mol. The van der Waals surface area contributed by atoms with Crippen LogP contribution in [-0.4, -0.2) is 9.38 Å². The zero-order valence-electron chi connectivity index (χ0n) is 24.3. The molecule has 0 fully saturated rings. The van der Waals surface area contributed by atoms with Gasteiger partial charge in [0.2, 0.25) is 0 Å². The largest absolute Gasteiger partial charge is 0.309 e. The maximum absolute atomic E-state index is 15.1. The molecular formula is C41H27N2OP. The molecule has 0 amide bonds. The molecule has 0 bridgehead atoms. The van der Waals surface area contributed by atoms with Gasteiger partial charge in [-0.25, -0.2) is 4.98 Å². The normalized spacial score (nSPS) is 12.1. The van der Waals surface area contributed by atoms with Gasteiger partial charge in [-0.2, -0.15) is 0 Å². The fraction of sp³-hybridized carbons (Fsp3) is 0. The van der Waals surface area contributed by atoms with E-state index in [0.29, 0.717) is 0 Å². The van der Waals surface area contributed by atoms with Crippen molar-refractivity contribution in [3.63, 3.8) is 0 Å². The van der Waals surface area contributed by atoms with Gasteiger partial charge in [0, 0.05) is 26.7 Å². The van der Waals surface area contributed by atoms with E-state index in [-0.39, 0.29) is 0 Å². The molecule has 4 heteroatoms. The van der Waals surface area contributed by atoms with Crippen molar-refractivity contribution in [3.8, 4) is 11.1 Å². The first-order chi connectivity index (χ1) is 22.2. The van der Waals surface area contributed by atoms with Gasteiger partial charge in [0.1, 0.15) is 5.65 Å². The third-order valence-electron chi connectivity index (χ3n) is 9.02. The molecule has 212 valence electrons. The molecule has 0 aliphatic carbocycles. The van der Waals surface area contributed by atoms with E-state index in [9.17, 15) is 0 Å². The van der Waals surface area contributed by atoms with Crippen molar-refractivity contribution in [2.75, 3.05) is 0 Å². The van der Waals surface area contributed by atoms with Crippen molar-refractivity contribution in [1.82, 2.24) is 9.38 Å². The molecule has 0 saturated carbocycles. The van der Waals surface area contributed by atoms with Crippen LogP contribution in [0.25, 0.3) is 60.3 Å². The standard InChI is InChI=1S/C41H27N2OP/c44-45(32-11-3-1-4-12-32,33-13-5-2-6-14-33)34-23-21-28-19-20-29(25-31(28)26-34)30-22-24-36-35-15-7-8-16-37(35)41-42-38-17-9-10-18-39(38)43(41)40(36)27-30/h1-27H. The quantitative estimate of drug-likeness (QED) is 0.150. The highest BCUT2D eigenvalue weighted by Crippen LogP contribution is 2.43. The molecule has 2 heterocycles. The lowest BCUT2D eigenvalue weighted by Gasteiger charge is -2.20. The fourth-order valence-electron chi connectivity index (χ4n) is 6.82. The minimum absolute atomic E-state index is 0.834. The molecule has 0 aliphatic rings. The van der Waals surface area contributed by atoms with Crippen molar-refractivity contribution < 1.29 is 4.57 Å². The van der Waals surface area contributed by atoms with E-state index in [1.54, 1.807) is 0 Å². The first-order valence-corrected chi connectivity index (χ1v) is 16.9. The van der Waals surface area contributed by atoms with Gasteiger partial charge in [0.25, 0.3) is 0 Å². The molecule has 0 N–H and O–H groups in total. The second-order valence-electron chi connectivity index (χ2n) is 11.6. The van der Waals surface area contributed by atoms with E-state index in [0.717, 1.165) is 65.4 Å². The highest BCUT2D eigenvalue weighted by Gasteiger charge is 2.29. The molecule has 7 aromatic carbocycles. The maximum atomic E-state index is 15.1. The lowest BCUT2D eigenvalue weighted by Crippen LogP contribution is -2.24. The summed E-state index contributed by atoms with van der Waals surface area (Å²) in [5.74, 6) is 0. The minimum Gasteiger partial charge on any atom is -0.309 e. The molecule has 45 heavy (non-hydrogen) atoms. The Hall–Kier alpha value is -5.50. The van der Waals surface area contributed by atoms with Crippen molar-refractivity contribution in [1.29, 1.82) is 0 Å². The van der Waals surface area contributed by atoms with Gasteiger partial charge in [-0.1, -0.05) is 133 Å². The van der Waals surface area contributed by atoms with Crippen LogP contribution < -0.4 is 15.9 Å². The van der Waals surface area contributed by atoms with E-state index in [1.807, 2.05) is 72.8 Å². The molecule has 0 saturated heterocycles. The van der Waals surface area contributed by atoms with Crippen molar-refractivity contribution in [3.05, 3.63) is 164 Å². The maximum Gasteiger partial charge on any atom is 0.171 e. The smallest absolute Gasteiger partial charge is 0.171 e. The SMILES string of the molecule is O=P(c1ccccc1)(c1ccccc1)c1ccc2ccc(-c3ccc4c5ccccc5c5nc6ccccc6n5c4c3)cc2c1. The second-order valence-corrected chi connectivity index (χ2v) is 14.3. The van der Waals surface area contributed by atoms with Gasteiger partial charge in [0.15, 0.2) is 7.14 Å². The number of pyridine rings is 1. The monoisotopic (exact) mass is 594 g/mol. The molecule has 3 nitrogen and oxygen atoms in total. The van der Waals surface area contributed by atoms with Gasteiger partial charge in [-0.3, -0.25) is 4.40 Å². The molecule has 0 spiro atoms.